The number of amides is 2. The van der Waals surface area contributed by atoms with Crippen molar-refractivity contribution < 1.29 is 18.0 Å². The minimum Gasteiger partial charge on any atom is -0.340 e. The van der Waals surface area contributed by atoms with E-state index in [2.05, 4.69) is 15.4 Å². The summed E-state index contributed by atoms with van der Waals surface area (Å²) >= 11 is 5.83. The molecule has 34 heavy (non-hydrogen) atoms. The fraction of sp³-hybridized carbons (Fsp3) is 0.200. The lowest BCUT2D eigenvalue weighted by molar-refractivity contribution is -0.118. The van der Waals surface area contributed by atoms with Crippen LogP contribution in [-0.2, 0) is 14.8 Å². The zero-order valence-corrected chi connectivity index (χ0v) is 20.6. The molecule has 0 aromatic heterocycles. The third kappa shape index (κ3) is 6.59. The topological polar surface area (TPSA) is 104 Å². The summed E-state index contributed by atoms with van der Waals surface area (Å²) in [7, 11) is -3.81. The number of hydrogen-bond donors (Lipinski definition) is 3. The Morgan fingerprint density at radius 3 is 1.94 bits per heavy atom. The molecule has 7 nitrogen and oxygen atoms in total. The fourth-order valence-corrected chi connectivity index (χ4v) is 4.32. The predicted molar refractivity (Wildman–Crippen MR) is 135 cm³/mol. The highest BCUT2D eigenvalue weighted by molar-refractivity contribution is 7.92. The molecule has 2 amide bonds. The van der Waals surface area contributed by atoms with Crippen LogP contribution in [0.25, 0.3) is 0 Å². The molecule has 0 aliphatic heterocycles. The smallest absolute Gasteiger partial charge is 0.261 e. The summed E-state index contributed by atoms with van der Waals surface area (Å²) in [5.41, 5.74) is 2.28. The largest absolute Gasteiger partial charge is 0.340 e. The van der Waals surface area contributed by atoms with Crippen LogP contribution in [0.15, 0.2) is 77.7 Å². The molecule has 3 aromatic rings. The Bertz CT molecular complexity index is 1260. The number of benzene rings is 3. The number of rotatable bonds is 8. The molecule has 178 valence electrons. The van der Waals surface area contributed by atoms with Gasteiger partial charge >= 0.3 is 0 Å². The number of halogens is 1. The van der Waals surface area contributed by atoms with Gasteiger partial charge in [0.2, 0.25) is 5.91 Å². The lowest BCUT2D eigenvalue weighted by Crippen LogP contribution is -2.47. The highest BCUT2D eigenvalue weighted by Gasteiger charge is 2.25. The van der Waals surface area contributed by atoms with Crippen molar-refractivity contribution in [2.45, 2.75) is 31.7 Å². The van der Waals surface area contributed by atoms with Crippen molar-refractivity contribution >= 4 is 44.8 Å². The SMILES string of the molecule is Cc1ccc(C(=O)NC(C(=O)Nc2ccc(S(=O)(=O)Nc3ccc(Cl)cc3)cc2)C(C)C)cc1. The molecule has 0 heterocycles. The van der Waals surface area contributed by atoms with Gasteiger partial charge < -0.3 is 10.6 Å². The monoisotopic (exact) mass is 499 g/mol. The molecular formula is C25H26ClN3O4S. The third-order valence-corrected chi connectivity index (χ3v) is 6.73. The van der Waals surface area contributed by atoms with E-state index in [1.54, 1.807) is 36.4 Å². The van der Waals surface area contributed by atoms with Gasteiger partial charge in [-0.2, -0.15) is 0 Å². The van der Waals surface area contributed by atoms with E-state index in [-0.39, 0.29) is 16.7 Å². The van der Waals surface area contributed by atoms with Crippen LogP contribution in [0.4, 0.5) is 11.4 Å². The first-order valence-corrected chi connectivity index (χ1v) is 12.5. The van der Waals surface area contributed by atoms with E-state index < -0.39 is 22.0 Å². The van der Waals surface area contributed by atoms with Gasteiger partial charge in [-0.15, -0.1) is 0 Å². The molecule has 9 heteroatoms. The van der Waals surface area contributed by atoms with E-state index in [4.69, 9.17) is 11.6 Å². The molecule has 0 aliphatic rings. The number of aryl methyl sites for hydroxylation is 1. The van der Waals surface area contributed by atoms with Gasteiger partial charge in [-0.05, 0) is 73.5 Å². The van der Waals surface area contributed by atoms with Gasteiger partial charge in [-0.1, -0.05) is 43.1 Å². The zero-order valence-electron chi connectivity index (χ0n) is 19.0. The first-order chi connectivity index (χ1) is 16.0. The van der Waals surface area contributed by atoms with Crippen molar-refractivity contribution in [3.05, 3.63) is 88.9 Å². The molecule has 0 bridgehead atoms. The molecule has 3 rings (SSSR count). The molecule has 1 atom stereocenters. The van der Waals surface area contributed by atoms with Crippen LogP contribution >= 0.6 is 11.6 Å². The Hall–Kier alpha value is -3.36. The number of carbonyl (C=O) groups is 2. The van der Waals surface area contributed by atoms with Gasteiger partial charge in [0, 0.05) is 22.0 Å². The standard InChI is InChI=1S/C25H26ClN3O4S/c1-16(2)23(28-24(30)18-6-4-17(3)5-7-18)25(31)27-20-12-14-22(15-13-20)34(32,33)29-21-10-8-19(26)9-11-21/h4-16,23,29H,1-3H3,(H,27,31)(H,28,30). The van der Waals surface area contributed by atoms with Crippen LogP contribution in [0.1, 0.15) is 29.8 Å². The lowest BCUT2D eigenvalue weighted by Gasteiger charge is -2.22. The quantitative estimate of drug-likeness (QED) is 0.412. The van der Waals surface area contributed by atoms with Gasteiger partial charge in [0.15, 0.2) is 0 Å². The summed E-state index contributed by atoms with van der Waals surface area (Å²) in [5.74, 6) is -0.911. The van der Waals surface area contributed by atoms with Crippen LogP contribution in [0.3, 0.4) is 0 Å². The number of anilines is 2. The van der Waals surface area contributed by atoms with Gasteiger partial charge in [-0.25, -0.2) is 8.42 Å². The Balaban J connectivity index is 1.67. The van der Waals surface area contributed by atoms with Crippen LogP contribution in [0.2, 0.25) is 5.02 Å². The molecule has 0 radical (unpaired) electrons. The predicted octanol–water partition coefficient (Wildman–Crippen LogP) is 4.84. The molecule has 3 N–H and O–H groups in total. The molecular weight excluding hydrogens is 474 g/mol. The van der Waals surface area contributed by atoms with Gasteiger partial charge in [0.25, 0.3) is 15.9 Å². The summed E-state index contributed by atoms with van der Waals surface area (Å²) in [6.07, 6.45) is 0. The highest BCUT2D eigenvalue weighted by Crippen LogP contribution is 2.20. The molecule has 1 unspecified atom stereocenters. The molecule has 0 saturated carbocycles. The van der Waals surface area contributed by atoms with Crippen molar-refractivity contribution in [2.75, 3.05) is 10.0 Å². The highest BCUT2D eigenvalue weighted by atomic mass is 35.5. The van der Waals surface area contributed by atoms with Crippen LogP contribution in [-0.4, -0.2) is 26.3 Å². The van der Waals surface area contributed by atoms with Crippen molar-refractivity contribution in [3.8, 4) is 0 Å². The molecule has 0 fully saturated rings. The molecule has 0 spiro atoms. The molecule has 0 saturated heterocycles. The molecule has 0 aliphatic carbocycles. The Morgan fingerprint density at radius 1 is 0.824 bits per heavy atom. The average molecular weight is 500 g/mol. The maximum Gasteiger partial charge on any atom is 0.261 e. The Kier molecular flexibility index (Phi) is 7.96. The zero-order chi connectivity index (χ0) is 24.9. The van der Waals surface area contributed by atoms with Crippen LogP contribution in [0, 0.1) is 12.8 Å². The van der Waals surface area contributed by atoms with Crippen LogP contribution < -0.4 is 15.4 Å². The van der Waals surface area contributed by atoms with E-state index >= 15 is 0 Å². The van der Waals surface area contributed by atoms with Crippen molar-refractivity contribution in [1.82, 2.24) is 5.32 Å². The second-order valence-electron chi connectivity index (χ2n) is 8.19. The number of sulfonamides is 1. The number of hydrogen-bond acceptors (Lipinski definition) is 4. The molecule has 3 aromatic carbocycles. The van der Waals surface area contributed by atoms with E-state index in [0.717, 1.165) is 5.56 Å². The van der Waals surface area contributed by atoms with Gasteiger partial charge in [-0.3, -0.25) is 14.3 Å². The normalized spacial score (nSPS) is 12.1. The summed E-state index contributed by atoms with van der Waals surface area (Å²) < 4.78 is 27.7. The maximum absolute atomic E-state index is 12.9. The van der Waals surface area contributed by atoms with Crippen molar-refractivity contribution in [3.63, 3.8) is 0 Å². The Morgan fingerprint density at radius 2 is 1.38 bits per heavy atom. The second kappa shape index (κ2) is 10.7. The maximum atomic E-state index is 12.9. The lowest BCUT2D eigenvalue weighted by atomic mass is 10.0. The average Bonchev–Trinajstić information content (AvgIpc) is 2.79. The first-order valence-electron chi connectivity index (χ1n) is 10.6. The van der Waals surface area contributed by atoms with Crippen molar-refractivity contribution in [1.29, 1.82) is 0 Å². The van der Waals surface area contributed by atoms with E-state index in [1.807, 2.05) is 32.9 Å². The summed E-state index contributed by atoms with van der Waals surface area (Å²) in [5, 5.41) is 6.01. The summed E-state index contributed by atoms with van der Waals surface area (Å²) in [4.78, 5) is 25.5. The van der Waals surface area contributed by atoms with Gasteiger partial charge in [0.1, 0.15) is 6.04 Å². The number of carbonyl (C=O) groups excluding carboxylic acids is 2. The fourth-order valence-electron chi connectivity index (χ4n) is 3.13. The first kappa shape index (κ1) is 25.3. The Labute approximate surface area is 204 Å². The summed E-state index contributed by atoms with van der Waals surface area (Å²) in [6, 6.07) is 18.4. The minimum absolute atomic E-state index is 0.0357. The minimum atomic E-state index is -3.81. The van der Waals surface area contributed by atoms with E-state index in [0.29, 0.717) is 22.0 Å². The van der Waals surface area contributed by atoms with E-state index in [1.165, 1.54) is 24.3 Å². The van der Waals surface area contributed by atoms with Crippen LogP contribution in [0.5, 0.6) is 0 Å². The third-order valence-electron chi connectivity index (χ3n) is 5.08. The van der Waals surface area contributed by atoms with Crippen molar-refractivity contribution in [2.24, 2.45) is 5.92 Å². The number of nitrogens with one attached hydrogen (secondary N) is 3. The van der Waals surface area contributed by atoms with Gasteiger partial charge in [0.05, 0.1) is 4.90 Å². The van der Waals surface area contributed by atoms with E-state index in [9.17, 15) is 18.0 Å². The second-order valence-corrected chi connectivity index (χ2v) is 10.3. The summed E-state index contributed by atoms with van der Waals surface area (Å²) in [6.45, 7) is 5.59.